The highest BCUT2D eigenvalue weighted by Crippen LogP contribution is 2.29. The van der Waals surface area contributed by atoms with Crippen LogP contribution in [0.25, 0.3) is 0 Å². The standard InChI is InChI=1S/C18H21ClIN/c1-12(2)10-13-4-6-14(7-5-13)18(21-3)16-11-15(19)8-9-17(16)20/h4-9,11-12,18,21H,10H2,1-3H3. The summed E-state index contributed by atoms with van der Waals surface area (Å²) < 4.78 is 1.22. The van der Waals surface area contributed by atoms with E-state index in [4.69, 9.17) is 11.6 Å². The average Bonchev–Trinajstić information content (AvgIpc) is 2.44. The Morgan fingerprint density at radius 1 is 1.10 bits per heavy atom. The Labute approximate surface area is 146 Å². The molecular formula is C18H21ClIN. The molecule has 21 heavy (non-hydrogen) atoms. The second kappa shape index (κ2) is 7.61. The minimum absolute atomic E-state index is 0.170. The molecular weight excluding hydrogens is 393 g/mol. The summed E-state index contributed by atoms with van der Waals surface area (Å²) >= 11 is 8.52. The Bertz CT molecular complexity index is 593. The predicted molar refractivity (Wildman–Crippen MR) is 100 cm³/mol. The molecule has 0 amide bonds. The van der Waals surface area contributed by atoms with Crippen LogP contribution in [0.3, 0.4) is 0 Å². The van der Waals surface area contributed by atoms with E-state index in [1.54, 1.807) is 0 Å². The van der Waals surface area contributed by atoms with Crippen molar-refractivity contribution in [3.05, 3.63) is 67.7 Å². The second-order valence-electron chi connectivity index (χ2n) is 5.73. The third kappa shape index (κ3) is 4.44. The van der Waals surface area contributed by atoms with Crippen molar-refractivity contribution >= 4 is 34.2 Å². The highest BCUT2D eigenvalue weighted by atomic mass is 127. The molecule has 112 valence electrons. The van der Waals surface area contributed by atoms with Crippen LogP contribution in [-0.4, -0.2) is 7.05 Å². The van der Waals surface area contributed by atoms with Crippen molar-refractivity contribution in [2.24, 2.45) is 5.92 Å². The van der Waals surface area contributed by atoms with Gasteiger partial charge in [-0.1, -0.05) is 49.7 Å². The minimum atomic E-state index is 0.170. The molecule has 1 N–H and O–H groups in total. The molecule has 0 aliphatic carbocycles. The zero-order valence-corrected chi connectivity index (χ0v) is 15.6. The van der Waals surface area contributed by atoms with Crippen LogP contribution >= 0.6 is 34.2 Å². The average molecular weight is 414 g/mol. The van der Waals surface area contributed by atoms with Gasteiger partial charge in [-0.25, -0.2) is 0 Å². The molecule has 2 aromatic carbocycles. The van der Waals surface area contributed by atoms with Crippen molar-refractivity contribution in [1.29, 1.82) is 0 Å². The maximum atomic E-state index is 6.16. The summed E-state index contributed by atoms with van der Waals surface area (Å²) in [6.07, 6.45) is 1.12. The Kier molecular flexibility index (Phi) is 6.08. The molecule has 0 radical (unpaired) electrons. The van der Waals surface area contributed by atoms with Gasteiger partial charge in [-0.05, 0) is 76.9 Å². The van der Waals surface area contributed by atoms with Gasteiger partial charge in [0.15, 0.2) is 0 Å². The maximum Gasteiger partial charge on any atom is 0.0585 e. The Morgan fingerprint density at radius 3 is 2.33 bits per heavy atom. The summed E-state index contributed by atoms with van der Waals surface area (Å²) in [6, 6.07) is 15.1. The highest BCUT2D eigenvalue weighted by Gasteiger charge is 2.15. The third-order valence-corrected chi connectivity index (χ3v) is 4.73. The lowest BCUT2D eigenvalue weighted by atomic mass is 9.96. The lowest BCUT2D eigenvalue weighted by Crippen LogP contribution is -2.18. The van der Waals surface area contributed by atoms with Crippen LogP contribution in [-0.2, 0) is 6.42 Å². The van der Waals surface area contributed by atoms with E-state index in [0.29, 0.717) is 5.92 Å². The monoisotopic (exact) mass is 413 g/mol. The first-order valence-electron chi connectivity index (χ1n) is 7.22. The van der Waals surface area contributed by atoms with Crippen LogP contribution in [0.1, 0.15) is 36.6 Å². The molecule has 1 nitrogen and oxygen atoms in total. The van der Waals surface area contributed by atoms with Crippen molar-refractivity contribution in [3.8, 4) is 0 Å². The fraction of sp³-hybridized carbons (Fsp3) is 0.333. The van der Waals surface area contributed by atoms with Crippen LogP contribution in [0.4, 0.5) is 0 Å². The van der Waals surface area contributed by atoms with Crippen molar-refractivity contribution in [1.82, 2.24) is 5.32 Å². The molecule has 0 aliphatic heterocycles. The summed E-state index contributed by atoms with van der Waals surface area (Å²) in [5.74, 6) is 0.685. The summed E-state index contributed by atoms with van der Waals surface area (Å²) in [4.78, 5) is 0. The Balaban J connectivity index is 2.31. The van der Waals surface area contributed by atoms with E-state index in [2.05, 4.69) is 72.1 Å². The largest absolute Gasteiger partial charge is 0.309 e. The third-order valence-electron chi connectivity index (χ3n) is 3.51. The molecule has 0 spiro atoms. The second-order valence-corrected chi connectivity index (χ2v) is 7.33. The van der Waals surface area contributed by atoms with Crippen molar-refractivity contribution in [3.63, 3.8) is 0 Å². The maximum absolute atomic E-state index is 6.16. The Morgan fingerprint density at radius 2 is 1.76 bits per heavy atom. The van der Waals surface area contributed by atoms with E-state index >= 15 is 0 Å². The molecule has 2 aromatic rings. The summed E-state index contributed by atoms with van der Waals surface area (Å²) in [7, 11) is 1.99. The highest BCUT2D eigenvalue weighted by molar-refractivity contribution is 14.1. The van der Waals surface area contributed by atoms with Gasteiger partial charge >= 0.3 is 0 Å². The molecule has 1 atom stereocenters. The molecule has 0 aliphatic rings. The van der Waals surface area contributed by atoms with Gasteiger partial charge in [-0.3, -0.25) is 0 Å². The first kappa shape index (κ1) is 16.8. The quantitative estimate of drug-likeness (QED) is 0.643. The van der Waals surface area contributed by atoms with Gasteiger partial charge in [0.05, 0.1) is 6.04 Å². The van der Waals surface area contributed by atoms with Crippen LogP contribution in [0, 0.1) is 9.49 Å². The molecule has 3 heteroatoms. The van der Waals surface area contributed by atoms with Crippen molar-refractivity contribution in [2.45, 2.75) is 26.3 Å². The van der Waals surface area contributed by atoms with E-state index < -0.39 is 0 Å². The number of halogens is 2. The molecule has 2 rings (SSSR count). The zero-order valence-electron chi connectivity index (χ0n) is 12.7. The molecule has 0 aromatic heterocycles. The van der Waals surface area contributed by atoms with Crippen LogP contribution in [0.15, 0.2) is 42.5 Å². The van der Waals surface area contributed by atoms with E-state index in [0.717, 1.165) is 11.4 Å². The predicted octanol–water partition coefficient (Wildman–Crippen LogP) is 5.45. The van der Waals surface area contributed by atoms with Gasteiger partial charge in [0, 0.05) is 8.59 Å². The fourth-order valence-corrected chi connectivity index (χ4v) is 3.38. The van der Waals surface area contributed by atoms with Gasteiger partial charge in [-0.15, -0.1) is 0 Å². The van der Waals surface area contributed by atoms with Crippen molar-refractivity contribution in [2.75, 3.05) is 7.05 Å². The zero-order chi connectivity index (χ0) is 15.4. The molecule has 0 bridgehead atoms. The number of hydrogen-bond acceptors (Lipinski definition) is 1. The normalized spacial score (nSPS) is 12.7. The van der Waals surface area contributed by atoms with Crippen LogP contribution in [0.2, 0.25) is 5.02 Å². The lowest BCUT2D eigenvalue weighted by Gasteiger charge is -2.19. The van der Waals surface area contributed by atoms with E-state index in [1.165, 1.54) is 20.3 Å². The van der Waals surface area contributed by atoms with Crippen LogP contribution in [0.5, 0.6) is 0 Å². The number of hydrogen-bond donors (Lipinski definition) is 1. The van der Waals surface area contributed by atoms with Gasteiger partial charge in [0.2, 0.25) is 0 Å². The van der Waals surface area contributed by atoms with Gasteiger partial charge in [0.1, 0.15) is 0 Å². The summed E-state index contributed by atoms with van der Waals surface area (Å²) in [5, 5.41) is 4.18. The number of benzene rings is 2. The van der Waals surface area contributed by atoms with Gasteiger partial charge in [-0.2, -0.15) is 0 Å². The van der Waals surface area contributed by atoms with Gasteiger partial charge < -0.3 is 5.32 Å². The number of rotatable bonds is 5. The van der Waals surface area contributed by atoms with E-state index in [-0.39, 0.29) is 6.04 Å². The Hall–Kier alpha value is -0.580. The van der Waals surface area contributed by atoms with E-state index in [1.807, 2.05) is 19.2 Å². The fourth-order valence-electron chi connectivity index (χ4n) is 2.56. The molecule has 0 fully saturated rings. The van der Waals surface area contributed by atoms with Crippen molar-refractivity contribution < 1.29 is 0 Å². The molecule has 1 unspecified atom stereocenters. The first-order chi connectivity index (χ1) is 10.0. The SMILES string of the molecule is CNC(c1ccc(CC(C)C)cc1)c1cc(Cl)ccc1I. The molecule has 0 saturated heterocycles. The number of nitrogens with one attached hydrogen (secondary N) is 1. The topological polar surface area (TPSA) is 12.0 Å². The van der Waals surface area contributed by atoms with Crippen LogP contribution < -0.4 is 5.32 Å². The minimum Gasteiger partial charge on any atom is -0.309 e. The smallest absolute Gasteiger partial charge is 0.0585 e. The summed E-state index contributed by atoms with van der Waals surface area (Å²) in [5.41, 5.74) is 3.89. The molecule has 0 saturated carbocycles. The summed E-state index contributed by atoms with van der Waals surface area (Å²) in [6.45, 7) is 4.50. The lowest BCUT2D eigenvalue weighted by molar-refractivity contribution is 0.645. The molecule has 0 heterocycles. The van der Waals surface area contributed by atoms with E-state index in [9.17, 15) is 0 Å². The van der Waals surface area contributed by atoms with Gasteiger partial charge in [0.25, 0.3) is 0 Å². The first-order valence-corrected chi connectivity index (χ1v) is 8.68.